The van der Waals surface area contributed by atoms with E-state index in [1.54, 1.807) is 19.1 Å². The molecule has 5 heteroatoms. The highest BCUT2D eigenvalue weighted by atomic mass is 35.5. The Morgan fingerprint density at radius 2 is 2.11 bits per heavy atom. The summed E-state index contributed by atoms with van der Waals surface area (Å²) in [5.74, 6) is 0.156. The number of pyridine rings is 1. The molecule has 0 amide bonds. The number of hydrogen-bond donors (Lipinski definition) is 1. The average molecular weight is 262 g/mol. The van der Waals surface area contributed by atoms with Gasteiger partial charge in [0.25, 0.3) is 0 Å². The monoisotopic (exact) mass is 261 g/mol. The van der Waals surface area contributed by atoms with E-state index in [1.165, 1.54) is 18.2 Å². The molecule has 0 aliphatic rings. The van der Waals surface area contributed by atoms with Crippen LogP contribution in [0.5, 0.6) is 0 Å². The van der Waals surface area contributed by atoms with Gasteiger partial charge in [0.1, 0.15) is 16.8 Å². The van der Waals surface area contributed by atoms with Crippen LogP contribution < -0.4 is 5.32 Å². The first-order chi connectivity index (χ1) is 8.58. The number of aryl methyl sites for hydroxylation is 1. The summed E-state index contributed by atoms with van der Waals surface area (Å²) >= 11 is 5.80. The molecule has 2 rings (SSSR count). The Kier molecular flexibility index (Phi) is 3.45. The van der Waals surface area contributed by atoms with Crippen molar-refractivity contribution in [1.29, 1.82) is 5.26 Å². The lowest BCUT2D eigenvalue weighted by Gasteiger charge is -2.09. The highest BCUT2D eigenvalue weighted by Gasteiger charge is 2.04. The Labute approximate surface area is 109 Å². The van der Waals surface area contributed by atoms with Crippen molar-refractivity contribution in [2.75, 3.05) is 5.32 Å². The highest BCUT2D eigenvalue weighted by Crippen LogP contribution is 2.22. The quantitative estimate of drug-likeness (QED) is 0.837. The third kappa shape index (κ3) is 2.76. The molecule has 18 heavy (non-hydrogen) atoms. The van der Waals surface area contributed by atoms with Crippen molar-refractivity contribution in [2.45, 2.75) is 6.92 Å². The van der Waals surface area contributed by atoms with Gasteiger partial charge in [0.15, 0.2) is 0 Å². The number of anilines is 2. The Morgan fingerprint density at radius 3 is 2.78 bits per heavy atom. The molecule has 1 N–H and O–H groups in total. The van der Waals surface area contributed by atoms with Crippen LogP contribution in [0.25, 0.3) is 0 Å². The highest BCUT2D eigenvalue weighted by molar-refractivity contribution is 6.29. The van der Waals surface area contributed by atoms with Crippen molar-refractivity contribution in [2.24, 2.45) is 0 Å². The number of aromatic nitrogens is 1. The van der Waals surface area contributed by atoms with Crippen LogP contribution in [0.2, 0.25) is 5.15 Å². The van der Waals surface area contributed by atoms with Gasteiger partial charge in [-0.1, -0.05) is 11.6 Å². The minimum absolute atomic E-state index is 0.233. The molecule has 0 saturated carbocycles. The molecule has 0 aliphatic carbocycles. The molecule has 0 saturated heterocycles. The molecule has 2 aromatic rings. The summed E-state index contributed by atoms with van der Waals surface area (Å²) in [5.41, 5.74) is 1.88. The van der Waals surface area contributed by atoms with E-state index in [0.29, 0.717) is 11.4 Å². The predicted octanol–water partition coefficient (Wildman–Crippen LogP) is 3.80. The minimum atomic E-state index is -0.296. The van der Waals surface area contributed by atoms with Crippen LogP contribution in [0.3, 0.4) is 0 Å². The normalized spacial score (nSPS) is 9.89. The Morgan fingerprint density at radius 1 is 1.33 bits per heavy atom. The van der Waals surface area contributed by atoms with Crippen molar-refractivity contribution < 1.29 is 4.39 Å². The van der Waals surface area contributed by atoms with Gasteiger partial charge in [0.2, 0.25) is 0 Å². The number of nitriles is 1. The number of halogens is 2. The van der Waals surface area contributed by atoms with E-state index in [9.17, 15) is 4.39 Å². The topological polar surface area (TPSA) is 48.7 Å². The smallest absolute Gasteiger partial charge is 0.133 e. The van der Waals surface area contributed by atoms with Crippen molar-refractivity contribution >= 4 is 23.1 Å². The lowest BCUT2D eigenvalue weighted by atomic mass is 10.2. The number of benzene rings is 1. The fourth-order valence-electron chi connectivity index (χ4n) is 1.53. The van der Waals surface area contributed by atoms with E-state index < -0.39 is 0 Å². The molecule has 0 spiro atoms. The summed E-state index contributed by atoms with van der Waals surface area (Å²) in [4.78, 5) is 4.05. The van der Waals surface area contributed by atoms with Crippen LogP contribution in [0.4, 0.5) is 15.9 Å². The van der Waals surface area contributed by atoms with E-state index >= 15 is 0 Å². The van der Waals surface area contributed by atoms with Crippen LogP contribution in [0.15, 0.2) is 30.3 Å². The molecule has 0 fully saturated rings. The van der Waals surface area contributed by atoms with E-state index in [0.717, 1.165) is 11.3 Å². The Balaban J connectivity index is 2.34. The molecule has 90 valence electrons. The fraction of sp³-hybridized carbons (Fsp3) is 0.0769. The van der Waals surface area contributed by atoms with Crippen LogP contribution >= 0.6 is 11.6 Å². The number of nitrogens with one attached hydrogen (secondary N) is 1. The standard InChI is InChI=1S/C13H9ClFN3/c1-8-4-10(15)2-3-11(8)17-13-6-9(7-16)5-12(14)18-13/h2-6H,1H3,(H,17,18). The summed E-state index contributed by atoms with van der Waals surface area (Å²) in [6.07, 6.45) is 0. The summed E-state index contributed by atoms with van der Waals surface area (Å²) < 4.78 is 13.0. The average Bonchev–Trinajstić information content (AvgIpc) is 2.32. The zero-order valence-electron chi connectivity index (χ0n) is 9.54. The number of nitrogens with zero attached hydrogens (tertiary/aromatic N) is 2. The molecule has 0 aliphatic heterocycles. The Hall–Kier alpha value is -2.12. The molecule has 3 nitrogen and oxygen atoms in total. The lowest BCUT2D eigenvalue weighted by Crippen LogP contribution is -1.97. The fourth-order valence-corrected chi connectivity index (χ4v) is 1.74. The summed E-state index contributed by atoms with van der Waals surface area (Å²) in [6.45, 7) is 1.78. The molecule has 1 aromatic heterocycles. The van der Waals surface area contributed by atoms with Crippen LogP contribution in [-0.2, 0) is 0 Å². The van der Waals surface area contributed by atoms with Gasteiger partial charge in [-0.05, 0) is 42.8 Å². The van der Waals surface area contributed by atoms with Crippen molar-refractivity contribution in [1.82, 2.24) is 4.98 Å². The van der Waals surface area contributed by atoms with Crippen LogP contribution in [-0.4, -0.2) is 4.98 Å². The van der Waals surface area contributed by atoms with Crippen molar-refractivity contribution in [3.05, 3.63) is 52.4 Å². The van der Waals surface area contributed by atoms with Crippen molar-refractivity contribution in [3.63, 3.8) is 0 Å². The van der Waals surface area contributed by atoms with E-state index in [4.69, 9.17) is 16.9 Å². The van der Waals surface area contributed by atoms with Crippen LogP contribution in [0.1, 0.15) is 11.1 Å². The molecule has 0 bridgehead atoms. The van der Waals surface area contributed by atoms with Gasteiger partial charge in [-0.3, -0.25) is 0 Å². The second-order valence-corrected chi connectivity index (χ2v) is 4.15. The first-order valence-electron chi connectivity index (χ1n) is 5.19. The molecule has 1 heterocycles. The van der Waals surface area contributed by atoms with Crippen molar-refractivity contribution in [3.8, 4) is 6.07 Å². The zero-order valence-corrected chi connectivity index (χ0v) is 10.3. The Bertz CT molecular complexity index is 635. The number of rotatable bonds is 2. The van der Waals surface area contributed by atoms with Gasteiger partial charge in [-0.2, -0.15) is 5.26 Å². The number of hydrogen-bond acceptors (Lipinski definition) is 3. The lowest BCUT2D eigenvalue weighted by molar-refractivity contribution is 0.627. The molecule has 0 unspecified atom stereocenters. The maximum Gasteiger partial charge on any atom is 0.133 e. The van der Waals surface area contributed by atoms with E-state index in [1.807, 2.05) is 6.07 Å². The second kappa shape index (κ2) is 5.03. The third-order valence-electron chi connectivity index (χ3n) is 2.37. The second-order valence-electron chi connectivity index (χ2n) is 3.76. The SMILES string of the molecule is Cc1cc(F)ccc1Nc1cc(C#N)cc(Cl)n1. The summed E-state index contributed by atoms with van der Waals surface area (Å²) in [6, 6.07) is 9.43. The summed E-state index contributed by atoms with van der Waals surface area (Å²) in [7, 11) is 0. The van der Waals surface area contributed by atoms with Gasteiger partial charge in [0.05, 0.1) is 11.6 Å². The predicted molar refractivity (Wildman–Crippen MR) is 68.4 cm³/mol. The molecule has 0 atom stereocenters. The third-order valence-corrected chi connectivity index (χ3v) is 2.57. The zero-order chi connectivity index (χ0) is 13.1. The minimum Gasteiger partial charge on any atom is -0.340 e. The first-order valence-corrected chi connectivity index (χ1v) is 5.57. The maximum atomic E-state index is 13.0. The van der Waals surface area contributed by atoms with Gasteiger partial charge in [-0.15, -0.1) is 0 Å². The van der Waals surface area contributed by atoms with E-state index in [2.05, 4.69) is 10.3 Å². The molecular weight excluding hydrogens is 253 g/mol. The van der Waals surface area contributed by atoms with Gasteiger partial charge < -0.3 is 5.32 Å². The first kappa shape index (κ1) is 12.3. The van der Waals surface area contributed by atoms with Crippen LogP contribution in [0, 0.1) is 24.1 Å². The molecule has 0 radical (unpaired) electrons. The maximum absolute atomic E-state index is 13.0. The summed E-state index contributed by atoms with van der Waals surface area (Å²) in [5, 5.41) is 12.1. The molecular formula is C13H9ClFN3. The van der Waals surface area contributed by atoms with Gasteiger partial charge in [0, 0.05) is 5.69 Å². The van der Waals surface area contributed by atoms with E-state index in [-0.39, 0.29) is 11.0 Å². The molecule has 1 aromatic carbocycles. The van der Waals surface area contributed by atoms with Gasteiger partial charge in [-0.25, -0.2) is 9.37 Å². The van der Waals surface area contributed by atoms with Gasteiger partial charge >= 0.3 is 0 Å². The largest absolute Gasteiger partial charge is 0.340 e.